The first-order valence-corrected chi connectivity index (χ1v) is 10.3. The van der Waals surface area contributed by atoms with Crippen LogP contribution in [0.25, 0.3) is 11.1 Å². The lowest BCUT2D eigenvalue weighted by Crippen LogP contribution is -2.39. The zero-order valence-electron chi connectivity index (χ0n) is 16.9. The number of halogens is 3. The number of alkyl halides is 3. The monoisotopic (exact) mass is 427 g/mol. The van der Waals surface area contributed by atoms with Crippen LogP contribution in [0, 0.1) is 0 Å². The highest BCUT2D eigenvalue weighted by molar-refractivity contribution is 5.69. The Balaban J connectivity index is 1.68. The second-order valence-electron chi connectivity index (χ2n) is 7.56. The van der Waals surface area contributed by atoms with E-state index in [0.29, 0.717) is 6.61 Å². The molecule has 2 unspecified atom stereocenters. The highest BCUT2D eigenvalue weighted by Gasteiger charge is 2.31. The van der Waals surface area contributed by atoms with E-state index in [1.165, 1.54) is 17.7 Å². The summed E-state index contributed by atoms with van der Waals surface area (Å²) in [6, 6.07) is 24.3. The molecule has 0 aromatic heterocycles. The minimum Gasteiger partial charge on any atom is -0.406 e. The molecule has 31 heavy (non-hydrogen) atoms. The number of morpholine rings is 1. The van der Waals surface area contributed by atoms with Crippen LogP contribution in [0.4, 0.5) is 13.2 Å². The average Bonchev–Trinajstić information content (AvgIpc) is 2.78. The first kappa shape index (κ1) is 21.4. The molecule has 1 fully saturated rings. The van der Waals surface area contributed by atoms with E-state index in [4.69, 9.17) is 4.74 Å². The molecule has 0 radical (unpaired) electrons. The largest absolute Gasteiger partial charge is 0.573 e. The van der Waals surface area contributed by atoms with Crippen molar-refractivity contribution in [2.45, 2.75) is 24.8 Å². The predicted octanol–water partition coefficient (Wildman–Crippen LogP) is 5.76. The summed E-state index contributed by atoms with van der Waals surface area (Å²) in [5.41, 5.74) is 4.13. The van der Waals surface area contributed by atoms with Crippen molar-refractivity contribution in [2.75, 3.05) is 19.7 Å². The van der Waals surface area contributed by atoms with Crippen LogP contribution in [0.3, 0.4) is 0 Å². The fourth-order valence-corrected chi connectivity index (χ4v) is 4.06. The van der Waals surface area contributed by atoms with Gasteiger partial charge in [0, 0.05) is 19.0 Å². The van der Waals surface area contributed by atoms with Crippen LogP contribution in [0.1, 0.15) is 23.5 Å². The lowest BCUT2D eigenvalue weighted by Gasteiger charge is -2.29. The van der Waals surface area contributed by atoms with E-state index < -0.39 is 6.36 Å². The van der Waals surface area contributed by atoms with Crippen molar-refractivity contribution >= 4 is 0 Å². The van der Waals surface area contributed by atoms with Gasteiger partial charge in [0.15, 0.2) is 0 Å². The summed E-state index contributed by atoms with van der Waals surface area (Å²) in [7, 11) is 0. The molecule has 0 aliphatic carbocycles. The van der Waals surface area contributed by atoms with Crippen LogP contribution in [0.5, 0.6) is 5.75 Å². The number of hydrogen-bond donors (Lipinski definition) is 1. The zero-order chi connectivity index (χ0) is 21.7. The van der Waals surface area contributed by atoms with Crippen molar-refractivity contribution in [3.63, 3.8) is 0 Å². The van der Waals surface area contributed by atoms with Gasteiger partial charge in [-0.15, -0.1) is 13.2 Å². The van der Waals surface area contributed by atoms with Gasteiger partial charge in [0.1, 0.15) is 5.75 Å². The first-order valence-electron chi connectivity index (χ1n) is 10.3. The van der Waals surface area contributed by atoms with Gasteiger partial charge in [0.2, 0.25) is 0 Å². The molecule has 0 spiro atoms. The Kier molecular flexibility index (Phi) is 6.59. The van der Waals surface area contributed by atoms with Gasteiger partial charge in [-0.25, -0.2) is 0 Å². The molecule has 3 aromatic rings. The van der Waals surface area contributed by atoms with Gasteiger partial charge in [-0.3, -0.25) is 0 Å². The van der Waals surface area contributed by atoms with E-state index in [1.54, 1.807) is 12.1 Å². The molecule has 0 bridgehead atoms. The van der Waals surface area contributed by atoms with Crippen LogP contribution >= 0.6 is 0 Å². The molecule has 1 aliphatic rings. The molecule has 162 valence electrons. The van der Waals surface area contributed by atoms with Crippen molar-refractivity contribution in [1.82, 2.24) is 5.32 Å². The molecule has 3 nitrogen and oxygen atoms in total. The normalized spacial score (nSPS) is 17.8. The molecular weight excluding hydrogens is 403 g/mol. The summed E-state index contributed by atoms with van der Waals surface area (Å²) in [5, 5.41) is 3.38. The van der Waals surface area contributed by atoms with Gasteiger partial charge < -0.3 is 14.8 Å². The summed E-state index contributed by atoms with van der Waals surface area (Å²) in [5.74, 6) is -0.136. The van der Waals surface area contributed by atoms with Gasteiger partial charge in [0.05, 0.1) is 12.7 Å². The minimum atomic E-state index is -4.70. The number of benzene rings is 3. The van der Waals surface area contributed by atoms with E-state index in [1.807, 2.05) is 36.4 Å². The van der Waals surface area contributed by atoms with Gasteiger partial charge in [-0.05, 0) is 40.8 Å². The topological polar surface area (TPSA) is 30.5 Å². The van der Waals surface area contributed by atoms with Crippen LogP contribution in [0.15, 0.2) is 78.9 Å². The molecule has 1 N–H and O–H groups in total. The molecule has 6 heteroatoms. The minimum absolute atomic E-state index is 0.0911. The highest BCUT2D eigenvalue weighted by atomic mass is 19.4. The lowest BCUT2D eigenvalue weighted by atomic mass is 9.82. The summed E-state index contributed by atoms with van der Waals surface area (Å²) in [6.07, 6.45) is -3.80. The molecule has 4 rings (SSSR count). The van der Waals surface area contributed by atoms with Crippen LogP contribution in [-0.2, 0) is 4.74 Å². The maximum Gasteiger partial charge on any atom is 0.573 e. The summed E-state index contributed by atoms with van der Waals surface area (Å²) >= 11 is 0. The van der Waals surface area contributed by atoms with Gasteiger partial charge in [-0.2, -0.15) is 0 Å². The van der Waals surface area contributed by atoms with E-state index in [-0.39, 0.29) is 17.8 Å². The van der Waals surface area contributed by atoms with Crippen LogP contribution in [-0.4, -0.2) is 32.2 Å². The Morgan fingerprint density at radius 2 is 1.65 bits per heavy atom. The Morgan fingerprint density at radius 1 is 0.935 bits per heavy atom. The fourth-order valence-electron chi connectivity index (χ4n) is 4.06. The third-order valence-corrected chi connectivity index (χ3v) is 5.44. The van der Waals surface area contributed by atoms with E-state index >= 15 is 0 Å². The standard InChI is InChI=1S/C25H24F3NO2/c26-25(27,28)31-20-12-10-19(11-13-20)22-8-4-5-9-23(22)24(18-6-2-1-3-7-18)16-21-17-29-14-15-30-21/h1-13,21,24,29H,14-17H2. The first-order chi connectivity index (χ1) is 15.0. The third-order valence-electron chi connectivity index (χ3n) is 5.44. The van der Waals surface area contributed by atoms with Gasteiger partial charge in [-0.1, -0.05) is 66.7 Å². The Bertz CT molecular complexity index is 968. The van der Waals surface area contributed by atoms with Crippen molar-refractivity contribution < 1.29 is 22.6 Å². The lowest BCUT2D eigenvalue weighted by molar-refractivity contribution is -0.274. The number of nitrogens with one attached hydrogen (secondary N) is 1. The van der Waals surface area contributed by atoms with E-state index in [9.17, 15) is 13.2 Å². The molecule has 1 aliphatic heterocycles. The average molecular weight is 427 g/mol. The van der Waals surface area contributed by atoms with E-state index in [0.717, 1.165) is 36.2 Å². The van der Waals surface area contributed by atoms with Crippen LogP contribution in [0.2, 0.25) is 0 Å². The number of rotatable bonds is 6. The quantitative estimate of drug-likeness (QED) is 0.542. The number of ether oxygens (including phenoxy) is 2. The maximum atomic E-state index is 12.5. The van der Waals surface area contributed by atoms with Gasteiger partial charge in [0.25, 0.3) is 0 Å². The van der Waals surface area contributed by atoms with Gasteiger partial charge >= 0.3 is 6.36 Å². The maximum absolute atomic E-state index is 12.5. The smallest absolute Gasteiger partial charge is 0.406 e. The molecule has 3 aromatic carbocycles. The molecule has 0 saturated carbocycles. The Morgan fingerprint density at radius 3 is 2.32 bits per heavy atom. The highest BCUT2D eigenvalue weighted by Crippen LogP contribution is 2.37. The fraction of sp³-hybridized carbons (Fsp3) is 0.280. The van der Waals surface area contributed by atoms with Crippen molar-refractivity contribution in [2.24, 2.45) is 0 Å². The SMILES string of the molecule is FC(F)(F)Oc1ccc(-c2ccccc2C(CC2CNCCO2)c2ccccc2)cc1. The van der Waals surface area contributed by atoms with Crippen molar-refractivity contribution in [3.8, 4) is 16.9 Å². The predicted molar refractivity (Wildman–Crippen MR) is 114 cm³/mol. The Labute approximate surface area is 179 Å². The second-order valence-corrected chi connectivity index (χ2v) is 7.56. The summed E-state index contributed by atoms with van der Waals surface area (Å²) in [6.45, 7) is 2.35. The van der Waals surface area contributed by atoms with Crippen molar-refractivity contribution in [3.05, 3.63) is 90.0 Å². The third kappa shape index (κ3) is 5.66. The number of hydrogen-bond acceptors (Lipinski definition) is 3. The molecule has 1 saturated heterocycles. The Hall–Kier alpha value is -2.83. The molecule has 2 atom stereocenters. The van der Waals surface area contributed by atoms with Crippen molar-refractivity contribution in [1.29, 1.82) is 0 Å². The summed E-state index contributed by atoms with van der Waals surface area (Å²) < 4.78 is 47.5. The van der Waals surface area contributed by atoms with Crippen LogP contribution < -0.4 is 10.1 Å². The molecule has 0 amide bonds. The zero-order valence-corrected chi connectivity index (χ0v) is 16.9. The molecule has 1 heterocycles. The second kappa shape index (κ2) is 9.54. The molecular formula is C25H24F3NO2. The van der Waals surface area contributed by atoms with E-state index in [2.05, 4.69) is 28.3 Å². The summed E-state index contributed by atoms with van der Waals surface area (Å²) in [4.78, 5) is 0.